The Bertz CT molecular complexity index is 412. The second kappa shape index (κ2) is 3.05. The third kappa shape index (κ3) is 1.32. The molecule has 4 heteroatoms. The Morgan fingerprint density at radius 1 is 1.46 bits per heavy atom. The lowest BCUT2D eigenvalue weighted by Crippen LogP contribution is -1.95. The van der Waals surface area contributed by atoms with E-state index in [9.17, 15) is 4.79 Å². The van der Waals surface area contributed by atoms with Crippen LogP contribution in [-0.4, -0.2) is 17.2 Å². The highest BCUT2D eigenvalue weighted by Gasteiger charge is 2.18. The molecule has 0 bridgehead atoms. The van der Waals surface area contributed by atoms with Gasteiger partial charge in [-0.15, -0.1) is 0 Å². The van der Waals surface area contributed by atoms with Gasteiger partial charge in [0, 0.05) is 16.3 Å². The summed E-state index contributed by atoms with van der Waals surface area (Å²) >= 11 is 3.31. The van der Waals surface area contributed by atoms with Gasteiger partial charge < -0.3 is 5.11 Å². The molecule has 0 atom stereocenters. The van der Waals surface area contributed by atoms with E-state index in [4.69, 9.17) is 5.11 Å². The van der Waals surface area contributed by atoms with Crippen molar-refractivity contribution >= 4 is 28.1 Å². The number of benzene rings is 1. The average molecular weight is 240 g/mol. The van der Waals surface area contributed by atoms with Crippen LogP contribution in [0.25, 0.3) is 0 Å². The normalized spacial score (nSPS) is 13.5. The Labute approximate surface area is 83.2 Å². The first-order valence-corrected chi connectivity index (χ1v) is 4.53. The molecule has 0 unspecified atom stereocenters. The predicted octanol–water partition coefficient (Wildman–Crippen LogP) is 1.51. The number of aliphatic imine (C=N–C) groups is 1. The Morgan fingerprint density at radius 2 is 2.23 bits per heavy atom. The van der Waals surface area contributed by atoms with Crippen LogP contribution < -0.4 is 0 Å². The van der Waals surface area contributed by atoms with Gasteiger partial charge in [0.2, 0.25) is 0 Å². The first kappa shape index (κ1) is 8.59. The Kier molecular flexibility index (Phi) is 2.01. The molecular formula is C9H6BrNO2. The minimum absolute atomic E-state index is 0.0703. The van der Waals surface area contributed by atoms with Gasteiger partial charge in [-0.25, -0.2) is 4.99 Å². The highest BCUT2D eigenvalue weighted by atomic mass is 79.9. The van der Waals surface area contributed by atoms with Crippen LogP contribution in [0.1, 0.15) is 21.5 Å². The lowest BCUT2D eigenvalue weighted by molar-refractivity contribution is 0.101. The molecule has 1 aliphatic heterocycles. The van der Waals surface area contributed by atoms with Gasteiger partial charge in [0.15, 0.2) is 0 Å². The molecule has 0 aromatic heterocycles. The molecule has 1 aromatic carbocycles. The van der Waals surface area contributed by atoms with Crippen LogP contribution in [-0.2, 0) is 6.61 Å². The van der Waals surface area contributed by atoms with Crippen molar-refractivity contribution in [2.45, 2.75) is 6.61 Å². The van der Waals surface area contributed by atoms with E-state index in [-0.39, 0.29) is 12.5 Å². The first-order valence-electron chi connectivity index (χ1n) is 3.74. The third-order valence-electron chi connectivity index (χ3n) is 1.91. The van der Waals surface area contributed by atoms with Crippen molar-refractivity contribution in [1.82, 2.24) is 0 Å². The summed E-state index contributed by atoms with van der Waals surface area (Å²) in [6.45, 7) is -0.0703. The van der Waals surface area contributed by atoms with E-state index in [2.05, 4.69) is 20.9 Å². The number of fused-ring (bicyclic) bond motifs is 1. The molecular weight excluding hydrogens is 234 g/mol. The van der Waals surface area contributed by atoms with Crippen LogP contribution in [0.2, 0.25) is 0 Å². The smallest absolute Gasteiger partial charge is 0.277 e. The van der Waals surface area contributed by atoms with Gasteiger partial charge in [0.05, 0.1) is 12.2 Å². The highest BCUT2D eigenvalue weighted by molar-refractivity contribution is 9.10. The number of amides is 1. The van der Waals surface area contributed by atoms with Gasteiger partial charge in [0.1, 0.15) is 0 Å². The van der Waals surface area contributed by atoms with Crippen molar-refractivity contribution in [1.29, 1.82) is 0 Å². The van der Waals surface area contributed by atoms with Crippen molar-refractivity contribution in [3.05, 3.63) is 33.3 Å². The number of nitrogens with zero attached hydrogens (tertiary/aromatic N) is 1. The largest absolute Gasteiger partial charge is 0.392 e. The monoisotopic (exact) mass is 239 g/mol. The molecule has 3 nitrogen and oxygen atoms in total. The number of halogens is 1. The summed E-state index contributed by atoms with van der Waals surface area (Å²) < 4.78 is 0.795. The predicted molar refractivity (Wildman–Crippen MR) is 52.0 cm³/mol. The van der Waals surface area contributed by atoms with E-state index in [1.54, 1.807) is 12.1 Å². The number of carbonyl (C=O) groups is 1. The fourth-order valence-corrected chi connectivity index (χ4v) is 1.88. The maximum atomic E-state index is 11.2. The molecule has 1 aliphatic rings. The minimum atomic E-state index is -0.244. The van der Waals surface area contributed by atoms with Gasteiger partial charge in [-0.1, -0.05) is 15.9 Å². The van der Waals surface area contributed by atoms with Crippen LogP contribution in [0.15, 0.2) is 21.6 Å². The summed E-state index contributed by atoms with van der Waals surface area (Å²) in [5.41, 5.74) is 2.06. The quantitative estimate of drug-likeness (QED) is 0.808. The SMILES string of the molecule is O=C1N=Cc2c(Br)cc(CO)cc21. The van der Waals surface area contributed by atoms with E-state index < -0.39 is 0 Å². The lowest BCUT2D eigenvalue weighted by atomic mass is 10.1. The Balaban J connectivity index is 2.64. The molecule has 0 aliphatic carbocycles. The standard InChI is InChI=1S/C9H6BrNO2/c10-8-2-5(4-12)1-6-7(8)3-11-9(6)13/h1-3,12H,4H2. The van der Waals surface area contributed by atoms with Gasteiger partial charge in [-0.05, 0) is 17.7 Å². The minimum Gasteiger partial charge on any atom is -0.392 e. The van der Waals surface area contributed by atoms with E-state index in [0.29, 0.717) is 11.1 Å². The molecule has 0 spiro atoms. The van der Waals surface area contributed by atoms with Crippen molar-refractivity contribution in [2.75, 3.05) is 0 Å². The summed E-state index contributed by atoms with van der Waals surface area (Å²) in [5, 5.41) is 8.91. The van der Waals surface area contributed by atoms with Crippen molar-refractivity contribution in [2.24, 2.45) is 4.99 Å². The molecule has 1 aromatic rings. The summed E-state index contributed by atoms with van der Waals surface area (Å²) in [7, 11) is 0. The molecule has 0 saturated heterocycles. The molecule has 1 amide bonds. The molecule has 1 N–H and O–H groups in total. The summed E-state index contributed by atoms with van der Waals surface area (Å²) in [6, 6.07) is 3.44. The van der Waals surface area contributed by atoms with Gasteiger partial charge in [-0.2, -0.15) is 0 Å². The first-order chi connectivity index (χ1) is 6.22. The van der Waals surface area contributed by atoms with Crippen LogP contribution in [0.3, 0.4) is 0 Å². The molecule has 66 valence electrons. The van der Waals surface area contributed by atoms with E-state index >= 15 is 0 Å². The van der Waals surface area contributed by atoms with Gasteiger partial charge in [0.25, 0.3) is 5.91 Å². The number of hydrogen-bond acceptors (Lipinski definition) is 2. The fourth-order valence-electron chi connectivity index (χ4n) is 1.27. The molecule has 2 rings (SSSR count). The van der Waals surface area contributed by atoms with Crippen LogP contribution in [0.5, 0.6) is 0 Å². The molecule has 0 saturated carbocycles. The van der Waals surface area contributed by atoms with Crippen molar-refractivity contribution < 1.29 is 9.90 Å². The Morgan fingerprint density at radius 3 is 2.92 bits per heavy atom. The lowest BCUT2D eigenvalue weighted by Gasteiger charge is -2.02. The molecule has 0 radical (unpaired) electrons. The summed E-state index contributed by atoms with van der Waals surface area (Å²) in [4.78, 5) is 14.9. The third-order valence-corrected chi connectivity index (χ3v) is 2.57. The van der Waals surface area contributed by atoms with Gasteiger partial charge >= 0.3 is 0 Å². The number of carbonyl (C=O) groups excluding carboxylic acids is 1. The maximum absolute atomic E-state index is 11.2. The number of rotatable bonds is 1. The second-order valence-electron chi connectivity index (χ2n) is 2.76. The van der Waals surface area contributed by atoms with E-state index in [0.717, 1.165) is 10.0 Å². The molecule has 1 heterocycles. The van der Waals surface area contributed by atoms with Crippen LogP contribution >= 0.6 is 15.9 Å². The average Bonchev–Trinajstić information content (AvgIpc) is 2.48. The van der Waals surface area contributed by atoms with Crippen LogP contribution in [0.4, 0.5) is 0 Å². The summed E-state index contributed by atoms with van der Waals surface area (Å²) in [6.07, 6.45) is 1.53. The number of aliphatic hydroxyl groups excluding tert-OH is 1. The zero-order valence-electron chi connectivity index (χ0n) is 6.62. The van der Waals surface area contributed by atoms with Crippen molar-refractivity contribution in [3.63, 3.8) is 0 Å². The van der Waals surface area contributed by atoms with E-state index in [1.807, 2.05) is 0 Å². The van der Waals surface area contributed by atoms with E-state index in [1.165, 1.54) is 6.21 Å². The zero-order valence-corrected chi connectivity index (χ0v) is 8.21. The van der Waals surface area contributed by atoms with Crippen molar-refractivity contribution in [3.8, 4) is 0 Å². The summed E-state index contributed by atoms with van der Waals surface area (Å²) in [5.74, 6) is -0.244. The van der Waals surface area contributed by atoms with Crippen LogP contribution in [0, 0.1) is 0 Å². The topological polar surface area (TPSA) is 49.7 Å². The Hall–Kier alpha value is -1.00. The number of aliphatic hydroxyl groups is 1. The number of hydrogen-bond donors (Lipinski definition) is 1. The fraction of sp³-hybridized carbons (Fsp3) is 0.111. The maximum Gasteiger partial charge on any atom is 0.277 e. The highest BCUT2D eigenvalue weighted by Crippen LogP contribution is 2.25. The molecule has 13 heavy (non-hydrogen) atoms. The zero-order chi connectivity index (χ0) is 9.42. The van der Waals surface area contributed by atoms with Gasteiger partial charge in [-0.3, -0.25) is 4.79 Å². The molecule has 0 fully saturated rings. The second-order valence-corrected chi connectivity index (χ2v) is 3.61.